The molecule has 41 heavy (non-hydrogen) atoms. The number of carbonyl (C=O) groups excluding carboxylic acids is 2. The van der Waals surface area contributed by atoms with Gasteiger partial charge in [-0.25, -0.2) is 18.7 Å². The van der Waals surface area contributed by atoms with Gasteiger partial charge in [0, 0.05) is 66.7 Å². The molecule has 5 heterocycles. The van der Waals surface area contributed by atoms with Gasteiger partial charge in [-0.05, 0) is 35.4 Å². The number of alkyl halides is 1. The fourth-order valence-corrected chi connectivity index (χ4v) is 6.47. The largest absolute Gasteiger partial charge is 0.369 e. The number of piperazine rings is 1. The van der Waals surface area contributed by atoms with Crippen LogP contribution in [-0.2, 0) is 24.3 Å². The van der Waals surface area contributed by atoms with Gasteiger partial charge in [-0.3, -0.25) is 14.9 Å². The Morgan fingerprint density at radius 3 is 2.68 bits per heavy atom. The van der Waals surface area contributed by atoms with E-state index in [1.807, 2.05) is 24.3 Å². The van der Waals surface area contributed by atoms with E-state index in [2.05, 4.69) is 25.5 Å². The van der Waals surface area contributed by atoms with Crippen LogP contribution in [0.4, 0.5) is 19.6 Å². The second kappa shape index (κ2) is 10.3. The highest BCUT2D eigenvalue weighted by molar-refractivity contribution is 7.13. The molecule has 1 saturated heterocycles. The van der Waals surface area contributed by atoms with E-state index in [-0.39, 0.29) is 30.6 Å². The van der Waals surface area contributed by atoms with Crippen molar-refractivity contribution in [3.8, 4) is 11.1 Å². The van der Waals surface area contributed by atoms with Crippen LogP contribution in [0.3, 0.4) is 0 Å². The van der Waals surface area contributed by atoms with Gasteiger partial charge in [-0.1, -0.05) is 12.1 Å². The number of fused-ring (bicyclic) bond motifs is 2. The smallest absolute Gasteiger partial charge is 0.255 e. The van der Waals surface area contributed by atoms with E-state index >= 15 is 4.39 Å². The van der Waals surface area contributed by atoms with E-state index in [9.17, 15) is 14.0 Å². The van der Waals surface area contributed by atoms with Gasteiger partial charge in [0.25, 0.3) is 11.8 Å². The standard InChI is InChI=1S/C29H27F2N7O2S/c30-19-13-24-25(34-16-37(24)14-19)26(27(39)35-29-33-7-10-41-29)38-15-22-21(28(38)40)11-18(12-23(22)31)17-1-3-20(4-2-17)36-8-5-32-6-9-36/h1-4,7,10-12,16,19,26,32H,5-6,8-9,13-15H2,(H,33,35,39)/t19-,26-/m1/s1. The van der Waals surface area contributed by atoms with Crippen molar-refractivity contribution in [3.05, 3.63) is 82.6 Å². The van der Waals surface area contributed by atoms with E-state index in [0.717, 1.165) is 37.4 Å². The van der Waals surface area contributed by atoms with Crippen molar-refractivity contribution in [1.82, 2.24) is 24.8 Å². The molecule has 0 unspecified atom stereocenters. The highest BCUT2D eigenvalue weighted by Gasteiger charge is 2.42. The van der Waals surface area contributed by atoms with Crippen molar-refractivity contribution >= 4 is 34.0 Å². The first-order valence-corrected chi connectivity index (χ1v) is 14.4. The molecular formula is C29H27F2N7O2S. The minimum atomic E-state index is -1.18. The molecule has 12 heteroatoms. The van der Waals surface area contributed by atoms with Gasteiger partial charge < -0.3 is 19.7 Å². The number of nitrogens with zero attached hydrogens (tertiary/aromatic N) is 5. The van der Waals surface area contributed by atoms with Crippen LogP contribution < -0.4 is 15.5 Å². The first-order valence-electron chi connectivity index (χ1n) is 13.5. The fourth-order valence-electron chi connectivity index (χ4n) is 5.94. The minimum Gasteiger partial charge on any atom is -0.369 e. The van der Waals surface area contributed by atoms with Gasteiger partial charge >= 0.3 is 0 Å². The summed E-state index contributed by atoms with van der Waals surface area (Å²) in [6, 6.07) is 9.82. The number of aromatic nitrogens is 3. The first kappa shape index (κ1) is 25.8. The number of amides is 2. The van der Waals surface area contributed by atoms with Crippen molar-refractivity contribution in [3.63, 3.8) is 0 Å². The molecule has 9 nitrogen and oxygen atoms in total. The number of hydrogen-bond acceptors (Lipinski definition) is 7. The molecule has 0 bridgehead atoms. The molecule has 0 spiro atoms. The zero-order valence-corrected chi connectivity index (χ0v) is 22.8. The predicted molar refractivity (Wildman–Crippen MR) is 151 cm³/mol. The van der Waals surface area contributed by atoms with Gasteiger partial charge in [0.05, 0.1) is 25.1 Å². The number of carbonyl (C=O) groups is 2. The van der Waals surface area contributed by atoms with E-state index in [1.165, 1.54) is 28.6 Å². The van der Waals surface area contributed by atoms with Gasteiger partial charge in [-0.2, -0.15) is 0 Å². The minimum absolute atomic E-state index is 0.0911. The maximum Gasteiger partial charge on any atom is 0.255 e. The fraction of sp³-hybridized carbons (Fsp3) is 0.310. The molecule has 1 fully saturated rings. The zero-order chi connectivity index (χ0) is 28.1. The average molecular weight is 576 g/mol. The van der Waals surface area contributed by atoms with Crippen molar-refractivity contribution < 1.29 is 18.4 Å². The summed E-state index contributed by atoms with van der Waals surface area (Å²) in [5, 5.41) is 8.17. The molecular weight excluding hydrogens is 548 g/mol. The molecule has 7 rings (SSSR count). The number of hydrogen-bond donors (Lipinski definition) is 2. The van der Waals surface area contributed by atoms with Gasteiger partial charge in [0.15, 0.2) is 11.2 Å². The third-order valence-corrected chi connectivity index (χ3v) is 8.66. The number of anilines is 2. The molecule has 3 aliphatic rings. The number of nitrogens with one attached hydrogen (secondary N) is 2. The lowest BCUT2D eigenvalue weighted by Gasteiger charge is -2.29. The lowest BCUT2D eigenvalue weighted by atomic mass is 9.99. The molecule has 3 aliphatic heterocycles. The maximum atomic E-state index is 15.6. The normalized spacial score (nSPS) is 18.9. The highest BCUT2D eigenvalue weighted by Crippen LogP contribution is 2.38. The Kier molecular flexibility index (Phi) is 6.51. The lowest BCUT2D eigenvalue weighted by molar-refractivity contribution is -0.121. The van der Waals surface area contributed by atoms with Crippen LogP contribution in [-0.4, -0.2) is 63.6 Å². The van der Waals surface area contributed by atoms with E-state index in [4.69, 9.17) is 0 Å². The Bertz CT molecular complexity index is 1620. The number of thiazole rings is 1. The predicted octanol–water partition coefficient (Wildman–Crippen LogP) is 3.79. The van der Waals surface area contributed by atoms with Crippen LogP contribution in [0.2, 0.25) is 0 Å². The topological polar surface area (TPSA) is 95.4 Å². The Hall–Kier alpha value is -4.16. The summed E-state index contributed by atoms with van der Waals surface area (Å²) >= 11 is 1.24. The monoisotopic (exact) mass is 575 g/mol. The second-order valence-electron chi connectivity index (χ2n) is 10.5. The van der Waals surface area contributed by atoms with Gasteiger partial charge in [-0.15, -0.1) is 11.3 Å². The molecule has 4 aromatic rings. The summed E-state index contributed by atoms with van der Waals surface area (Å²) in [5.74, 6) is -1.53. The molecule has 0 radical (unpaired) electrons. The van der Waals surface area contributed by atoms with Crippen molar-refractivity contribution in [1.29, 1.82) is 0 Å². The number of benzene rings is 2. The molecule has 2 aromatic heterocycles. The summed E-state index contributed by atoms with van der Waals surface area (Å²) in [6.45, 7) is 3.72. The Morgan fingerprint density at radius 1 is 1.12 bits per heavy atom. The van der Waals surface area contributed by atoms with Crippen LogP contribution in [0.1, 0.15) is 33.4 Å². The van der Waals surface area contributed by atoms with E-state index < -0.39 is 29.8 Å². The highest BCUT2D eigenvalue weighted by atomic mass is 32.1. The molecule has 210 valence electrons. The lowest BCUT2D eigenvalue weighted by Crippen LogP contribution is -2.43. The summed E-state index contributed by atoms with van der Waals surface area (Å²) in [6.07, 6.45) is 2.04. The number of halogens is 2. The summed E-state index contributed by atoms with van der Waals surface area (Å²) in [4.78, 5) is 39.6. The van der Waals surface area contributed by atoms with Crippen molar-refractivity contribution in [2.75, 3.05) is 36.4 Å². The van der Waals surface area contributed by atoms with Crippen LogP contribution in [0, 0.1) is 5.82 Å². The molecule has 2 aromatic carbocycles. The summed E-state index contributed by atoms with van der Waals surface area (Å²) in [7, 11) is 0. The number of imidazole rings is 1. The second-order valence-corrected chi connectivity index (χ2v) is 11.4. The van der Waals surface area contributed by atoms with Crippen LogP contribution >= 0.6 is 11.3 Å². The zero-order valence-electron chi connectivity index (χ0n) is 22.0. The number of rotatable bonds is 6. The Morgan fingerprint density at radius 2 is 1.93 bits per heavy atom. The first-order chi connectivity index (χ1) is 20.0. The van der Waals surface area contributed by atoms with E-state index in [0.29, 0.717) is 22.1 Å². The average Bonchev–Trinajstić information content (AvgIpc) is 3.77. The summed E-state index contributed by atoms with van der Waals surface area (Å²) in [5.41, 5.74) is 3.75. The van der Waals surface area contributed by atoms with Crippen LogP contribution in [0.25, 0.3) is 11.1 Å². The van der Waals surface area contributed by atoms with Crippen molar-refractivity contribution in [2.45, 2.75) is 31.7 Å². The SMILES string of the molecule is O=C(Nc1nccs1)[C@@H](c1ncn2c1C[C@@H](F)C2)N1Cc2c(F)cc(-c3ccc(N4CCNCC4)cc3)cc2C1=O. The molecule has 0 saturated carbocycles. The molecule has 2 atom stereocenters. The third-order valence-electron chi connectivity index (χ3n) is 7.97. The van der Waals surface area contributed by atoms with Gasteiger partial charge in [0.1, 0.15) is 12.0 Å². The van der Waals surface area contributed by atoms with Crippen LogP contribution in [0.15, 0.2) is 54.3 Å². The Balaban J connectivity index is 1.21. The third kappa shape index (κ3) is 4.66. The maximum absolute atomic E-state index is 15.6. The quantitative estimate of drug-likeness (QED) is 0.364. The Labute approximate surface area is 238 Å². The summed E-state index contributed by atoms with van der Waals surface area (Å²) < 4.78 is 31.5. The molecule has 0 aliphatic carbocycles. The molecule has 2 N–H and O–H groups in total. The van der Waals surface area contributed by atoms with Gasteiger partial charge in [0.2, 0.25) is 0 Å². The molecule has 2 amide bonds. The van der Waals surface area contributed by atoms with Crippen molar-refractivity contribution in [2.24, 2.45) is 0 Å². The van der Waals surface area contributed by atoms with Crippen LogP contribution in [0.5, 0.6) is 0 Å². The van der Waals surface area contributed by atoms with E-state index in [1.54, 1.807) is 22.2 Å².